The molecule has 0 aliphatic heterocycles. The van der Waals surface area contributed by atoms with Crippen LogP contribution in [0.1, 0.15) is 60.9 Å². The quantitative estimate of drug-likeness (QED) is 0.275. The van der Waals surface area contributed by atoms with Crippen molar-refractivity contribution < 1.29 is 9.53 Å². The van der Waals surface area contributed by atoms with Crippen molar-refractivity contribution in [2.75, 3.05) is 6.61 Å². The average Bonchev–Trinajstić information content (AvgIpc) is 2.65. The standard InChI is InChI=1S/C25H32ClNO2/c1-5-7-8-9-10-19-14-17(3)13-18(4)25(19)20-11-12-22(26)21(15-20)23(27)16-24(28)29-6-2/h5,11-15,23H,1,6-10,16,27H2,2-4H3/t23-/m0/s1. The van der Waals surface area contributed by atoms with E-state index in [1.54, 1.807) is 6.92 Å². The van der Waals surface area contributed by atoms with Crippen molar-refractivity contribution >= 4 is 17.6 Å². The molecule has 0 unspecified atom stereocenters. The third kappa shape index (κ3) is 6.45. The number of benzene rings is 2. The SMILES string of the molecule is C=CCCCCc1cc(C)cc(C)c1-c1ccc(Cl)c([C@@H](N)CC(=O)OCC)c1. The second kappa shape index (κ2) is 11.2. The minimum atomic E-state index is -0.497. The predicted molar refractivity (Wildman–Crippen MR) is 122 cm³/mol. The molecule has 0 fully saturated rings. The highest BCUT2D eigenvalue weighted by Gasteiger charge is 2.18. The number of ether oxygens (including phenoxy) is 1. The number of carbonyl (C=O) groups is 1. The second-order valence-corrected chi connectivity index (χ2v) is 7.91. The molecule has 0 heterocycles. The lowest BCUT2D eigenvalue weighted by Gasteiger charge is -2.18. The Balaban J connectivity index is 2.38. The fourth-order valence-corrected chi connectivity index (χ4v) is 4.02. The summed E-state index contributed by atoms with van der Waals surface area (Å²) in [6.45, 7) is 10.2. The highest BCUT2D eigenvalue weighted by Crippen LogP contribution is 2.34. The van der Waals surface area contributed by atoms with Crippen molar-refractivity contribution in [3.63, 3.8) is 0 Å². The number of hydrogen-bond acceptors (Lipinski definition) is 3. The van der Waals surface area contributed by atoms with Gasteiger partial charge in [0.2, 0.25) is 0 Å². The number of rotatable bonds is 10. The Hall–Kier alpha value is -2.10. The van der Waals surface area contributed by atoms with E-state index in [4.69, 9.17) is 22.1 Å². The van der Waals surface area contributed by atoms with E-state index < -0.39 is 6.04 Å². The van der Waals surface area contributed by atoms with E-state index in [2.05, 4.69) is 32.6 Å². The third-order valence-corrected chi connectivity index (χ3v) is 5.39. The van der Waals surface area contributed by atoms with Crippen LogP contribution in [-0.4, -0.2) is 12.6 Å². The van der Waals surface area contributed by atoms with Crippen LogP contribution < -0.4 is 5.73 Å². The first-order valence-corrected chi connectivity index (χ1v) is 10.7. The van der Waals surface area contributed by atoms with Crippen molar-refractivity contribution in [2.45, 2.75) is 58.9 Å². The lowest BCUT2D eigenvalue weighted by atomic mass is 9.89. The van der Waals surface area contributed by atoms with Crippen LogP contribution in [0.2, 0.25) is 5.02 Å². The maximum atomic E-state index is 11.9. The molecule has 0 saturated carbocycles. The molecule has 0 bridgehead atoms. The van der Waals surface area contributed by atoms with Gasteiger partial charge in [0.05, 0.1) is 13.0 Å². The first-order chi connectivity index (χ1) is 13.9. The van der Waals surface area contributed by atoms with E-state index in [-0.39, 0.29) is 12.4 Å². The minimum absolute atomic E-state index is 0.109. The van der Waals surface area contributed by atoms with Crippen LogP contribution in [0, 0.1) is 13.8 Å². The Labute approximate surface area is 179 Å². The minimum Gasteiger partial charge on any atom is -0.466 e. The summed E-state index contributed by atoms with van der Waals surface area (Å²) in [5.41, 5.74) is 13.2. The lowest BCUT2D eigenvalue weighted by Crippen LogP contribution is -2.17. The van der Waals surface area contributed by atoms with Crippen LogP contribution >= 0.6 is 11.6 Å². The zero-order valence-electron chi connectivity index (χ0n) is 17.8. The van der Waals surface area contributed by atoms with Crippen molar-refractivity contribution in [1.82, 2.24) is 0 Å². The smallest absolute Gasteiger partial charge is 0.307 e. The fraction of sp³-hybridized carbons (Fsp3) is 0.400. The number of allylic oxidation sites excluding steroid dienone is 1. The van der Waals surface area contributed by atoms with Crippen molar-refractivity contribution in [2.24, 2.45) is 5.73 Å². The fourth-order valence-electron chi connectivity index (χ4n) is 3.76. The van der Waals surface area contributed by atoms with Crippen LogP contribution in [0.25, 0.3) is 11.1 Å². The van der Waals surface area contributed by atoms with Crippen LogP contribution in [-0.2, 0) is 16.0 Å². The molecular formula is C25H32ClNO2. The first kappa shape index (κ1) is 23.2. The van der Waals surface area contributed by atoms with Gasteiger partial charge in [-0.3, -0.25) is 4.79 Å². The van der Waals surface area contributed by atoms with Gasteiger partial charge in [-0.15, -0.1) is 6.58 Å². The first-order valence-electron chi connectivity index (χ1n) is 10.3. The van der Waals surface area contributed by atoms with Crippen LogP contribution in [0.3, 0.4) is 0 Å². The van der Waals surface area contributed by atoms with Gasteiger partial charge in [0.25, 0.3) is 0 Å². The molecule has 29 heavy (non-hydrogen) atoms. The summed E-state index contributed by atoms with van der Waals surface area (Å²) >= 11 is 6.42. The zero-order valence-corrected chi connectivity index (χ0v) is 18.5. The lowest BCUT2D eigenvalue weighted by molar-refractivity contribution is -0.143. The number of nitrogens with two attached hydrogens (primary N) is 1. The summed E-state index contributed by atoms with van der Waals surface area (Å²) < 4.78 is 5.04. The van der Waals surface area contributed by atoms with Crippen LogP contribution in [0.5, 0.6) is 0 Å². The molecule has 0 aliphatic carbocycles. The number of esters is 1. The Bertz CT molecular complexity index is 860. The van der Waals surface area contributed by atoms with Crippen LogP contribution in [0.4, 0.5) is 0 Å². The normalized spacial score (nSPS) is 11.9. The Morgan fingerprint density at radius 3 is 2.69 bits per heavy atom. The van der Waals surface area contributed by atoms with E-state index in [1.165, 1.54) is 22.3 Å². The molecule has 0 saturated heterocycles. The zero-order chi connectivity index (χ0) is 21.4. The van der Waals surface area contributed by atoms with Gasteiger partial charge in [0.1, 0.15) is 0 Å². The molecule has 2 rings (SSSR count). The number of aryl methyl sites for hydroxylation is 3. The Morgan fingerprint density at radius 2 is 2.00 bits per heavy atom. The van der Waals surface area contributed by atoms with Crippen molar-refractivity contribution in [3.05, 3.63) is 70.3 Å². The van der Waals surface area contributed by atoms with Gasteiger partial charge in [-0.25, -0.2) is 0 Å². The molecule has 1 atom stereocenters. The molecular weight excluding hydrogens is 382 g/mol. The van der Waals surface area contributed by atoms with Gasteiger partial charge in [0.15, 0.2) is 0 Å². The molecule has 0 spiro atoms. The van der Waals surface area contributed by atoms with E-state index in [1.807, 2.05) is 24.3 Å². The molecule has 156 valence electrons. The largest absolute Gasteiger partial charge is 0.466 e. The molecule has 2 N–H and O–H groups in total. The molecule has 0 amide bonds. The summed E-state index contributed by atoms with van der Waals surface area (Å²) in [6.07, 6.45) is 6.38. The summed E-state index contributed by atoms with van der Waals surface area (Å²) in [5.74, 6) is -0.309. The monoisotopic (exact) mass is 413 g/mol. The number of hydrogen-bond donors (Lipinski definition) is 1. The summed E-state index contributed by atoms with van der Waals surface area (Å²) in [7, 11) is 0. The topological polar surface area (TPSA) is 52.3 Å². The number of unbranched alkanes of at least 4 members (excludes halogenated alkanes) is 2. The van der Waals surface area contributed by atoms with Gasteiger partial charge in [0, 0.05) is 11.1 Å². The maximum Gasteiger partial charge on any atom is 0.307 e. The summed E-state index contributed by atoms with van der Waals surface area (Å²) in [4.78, 5) is 11.9. The molecule has 0 aliphatic rings. The summed E-state index contributed by atoms with van der Waals surface area (Å²) in [6, 6.07) is 9.91. The summed E-state index contributed by atoms with van der Waals surface area (Å²) in [5, 5.41) is 0.572. The highest BCUT2D eigenvalue weighted by molar-refractivity contribution is 6.31. The maximum absolute atomic E-state index is 11.9. The van der Waals surface area contributed by atoms with Gasteiger partial charge in [-0.1, -0.05) is 41.4 Å². The predicted octanol–water partition coefficient (Wildman–Crippen LogP) is 6.48. The van der Waals surface area contributed by atoms with Crippen molar-refractivity contribution in [1.29, 1.82) is 0 Å². The van der Waals surface area contributed by atoms with E-state index in [9.17, 15) is 4.79 Å². The van der Waals surface area contributed by atoms with Crippen LogP contribution in [0.15, 0.2) is 43.0 Å². The van der Waals surface area contributed by atoms with Crippen molar-refractivity contribution in [3.8, 4) is 11.1 Å². The Morgan fingerprint density at radius 1 is 1.24 bits per heavy atom. The molecule has 4 heteroatoms. The molecule has 0 aromatic heterocycles. The second-order valence-electron chi connectivity index (χ2n) is 7.50. The molecule has 0 radical (unpaired) electrons. The van der Waals surface area contributed by atoms with Gasteiger partial charge in [-0.05, 0) is 86.4 Å². The molecule has 3 nitrogen and oxygen atoms in total. The van der Waals surface area contributed by atoms with Gasteiger partial charge < -0.3 is 10.5 Å². The molecule has 2 aromatic carbocycles. The number of halogens is 1. The van der Waals surface area contributed by atoms with E-state index in [0.717, 1.165) is 36.8 Å². The molecule has 2 aromatic rings. The van der Waals surface area contributed by atoms with Gasteiger partial charge >= 0.3 is 5.97 Å². The van der Waals surface area contributed by atoms with E-state index in [0.29, 0.717) is 11.6 Å². The third-order valence-electron chi connectivity index (χ3n) is 5.04. The Kier molecular flexibility index (Phi) is 8.94. The average molecular weight is 414 g/mol. The van der Waals surface area contributed by atoms with Gasteiger partial charge in [-0.2, -0.15) is 0 Å². The van der Waals surface area contributed by atoms with E-state index >= 15 is 0 Å². The highest BCUT2D eigenvalue weighted by atomic mass is 35.5. The number of carbonyl (C=O) groups excluding carboxylic acids is 1.